The molecule has 3 nitrogen and oxygen atoms in total. The summed E-state index contributed by atoms with van der Waals surface area (Å²) < 4.78 is 23.8. The van der Waals surface area contributed by atoms with Gasteiger partial charge in [0.05, 0.1) is 13.7 Å². The van der Waals surface area contributed by atoms with Crippen LogP contribution in [0.15, 0.2) is 24.3 Å². The molecule has 88 valence electrons. The highest BCUT2D eigenvalue weighted by Gasteiger charge is 2.27. The number of nitrogens with one attached hydrogen (secondary N) is 1. The monoisotopic (exact) mass is 225 g/mol. The predicted octanol–water partition coefficient (Wildman–Crippen LogP) is 1.52. The minimum absolute atomic E-state index is 0.328. The summed E-state index contributed by atoms with van der Waals surface area (Å²) in [7, 11) is 1.62. The Hall–Kier alpha value is -1.13. The highest BCUT2D eigenvalue weighted by Crippen LogP contribution is 2.16. The van der Waals surface area contributed by atoms with E-state index < -0.39 is 6.17 Å². The third kappa shape index (κ3) is 2.71. The fourth-order valence-corrected chi connectivity index (χ4v) is 1.75. The summed E-state index contributed by atoms with van der Waals surface area (Å²) in [5.74, 6) is 0.794. The quantitative estimate of drug-likeness (QED) is 0.842. The van der Waals surface area contributed by atoms with Crippen molar-refractivity contribution in [1.29, 1.82) is 0 Å². The van der Waals surface area contributed by atoms with Gasteiger partial charge in [0.25, 0.3) is 0 Å². The molecule has 2 rings (SSSR count). The van der Waals surface area contributed by atoms with Crippen LogP contribution in [-0.2, 0) is 11.3 Å². The Labute approximate surface area is 94.6 Å². The second kappa shape index (κ2) is 5.27. The highest BCUT2D eigenvalue weighted by molar-refractivity contribution is 5.27. The van der Waals surface area contributed by atoms with Crippen molar-refractivity contribution in [1.82, 2.24) is 5.32 Å². The summed E-state index contributed by atoms with van der Waals surface area (Å²) in [6, 6.07) is 7.61. The van der Waals surface area contributed by atoms with Crippen LogP contribution in [0.5, 0.6) is 5.75 Å². The molecule has 0 radical (unpaired) electrons. The lowest BCUT2D eigenvalue weighted by atomic mass is 10.2. The van der Waals surface area contributed by atoms with Crippen molar-refractivity contribution in [2.24, 2.45) is 0 Å². The second-order valence-corrected chi connectivity index (χ2v) is 3.88. The third-order valence-corrected chi connectivity index (χ3v) is 2.69. The number of alkyl halides is 1. The van der Waals surface area contributed by atoms with E-state index in [-0.39, 0.29) is 6.10 Å². The molecule has 0 bridgehead atoms. The van der Waals surface area contributed by atoms with E-state index in [9.17, 15) is 4.39 Å². The molecule has 1 aromatic carbocycles. The van der Waals surface area contributed by atoms with Gasteiger partial charge in [-0.3, -0.25) is 0 Å². The fourth-order valence-electron chi connectivity index (χ4n) is 1.75. The Balaban J connectivity index is 1.88. The van der Waals surface area contributed by atoms with E-state index in [0.717, 1.165) is 11.3 Å². The van der Waals surface area contributed by atoms with Crippen molar-refractivity contribution in [2.45, 2.75) is 18.9 Å². The molecule has 0 spiro atoms. The van der Waals surface area contributed by atoms with Gasteiger partial charge in [0.15, 0.2) is 0 Å². The molecular weight excluding hydrogens is 209 g/mol. The van der Waals surface area contributed by atoms with Crippen molar-refractivity contribution in [3.63, 3.8) is 0 Å². The van der Waals surface area contributed by atoms with Crippen molar-refractivity contribution in [3.8, 4) is 5.75 Å². The van der Waals surface area contributed by atoms with Gasteiger partial charge >= 0.3 is 0 Å². The maximum absolute atomic E-state index is 13.2. The third-order valence-electron chi connectivity index (χ3n) is 2.69. The number of halogens is 1. The molecule has 4 heteroatoms. The first-order chi connectivity index (χ1) is 7.79. The van der Waals surface area contributed by atoms with Crippen LogP contribution < -0.4 is 10.1 Å². The summed E-state index contributed by atoms with van der Waals surface area (Å²) in [6.07, 6.45) is -1.23. The minimum atomic E-state index is -0.898. The number of rotatable bonds is 4. The summed E-state index contributed by atoms with van der Waals surface area (Å²) in [4.78, 5) is 0. The lowest BCUT2D eigenvalue weighted by molar-refractivity contribution is 0.0139. The molecule has 0 aliphatic carbocycles. The maximum atomic E-state index is 13.2. The predicted molar refractivity (Wildman–Crippen MR) is 59.3 cm³/mol. The maximum Gasteiger partial charge on any atom is 0.140 e. The molecule has 1 saturated heterocycles. The first kappa shape index (κ1) is 11.4. The fraction of sp³-hybridized carbons (Fsp3) is 0.500. The molecule has 1 aliphatic heterocycles. The lowest BCUT2D eigenvalue weighted by Gasteiger charge is -2.13. The zero-order valence-electron chi connectivity index (χ0n) is 9.28. The summed E-state index contributed by atoms with van der Waals surface area (Å²) in [5, 5.41) is 2.96. The number of benzene rings is 1. The lowest BCUT2D eigenvalue weighted by Crippen LogP contribution is -2.23. The normalized spacial score (nSPS) is 24.6. The van der Waals surface area contributed by atoms with Gasteiger partial charge in [-0.25, -0.2) is 4.39 Å². The van der Waals surface area contributed by atoms with Crippen LogP contribution >= 0.6 is 0 Å². The molecule has 2 atom stereocenters. The van der Waals surface area contributed by atoms with Crippen LogP contribution in [0.25, 0.3) is 0 Å². The molecule has 0 saturated carbocycles. The Bertz CT molecular complexity index is 346. The van der Waals surface area contributed by atoms with E-state index >= 15 is 0 Å². The van der Waals surface area contributed by atoms with Crippen LogP contribution in [0.4, 0.5) is 4.39 Å². The van der Waals surface area contributed by atoms with Gasteiger partial charge < -0.3 is 14.8 Å². The molecule has 1 aliphatic rings. The SMILES string of the molecule is COc1cccc(COC2CNCC2F)c1. The molecule has 1 fully saturated rings. The molecule has 0 amide bonds. The average molecular weight is 225 g/mol. The van der Waals surface area contributed by atoms with Gasteiger partial charge in [0.2, 0.25) is 0 Å². The zero-order chi connectivity index (χ0) is 11.4. The molecule has 1 heterocycles. The van der Waals surface area contributed by atoms with Crippen molar-refractivity contribution in [2.75, 3.05) is 20.2 Å². The first-order valence-corrected chi connectivity index (χ1v) is 5.39. The van der Waals surface area contributed by atoms with Gasteiger partial charge in [0, 0.05) is 13.1 Å². The van der Waals surface area contributed by atoms with E-state index in [4.69, 9.17) is 9.47 Å². The van der Waals surface area contributed by atoms with Crippen LogP contribution in [0, 0.1) is 0 Å². The van der Waals surface area contributed by atoms with Crippen molar-refractivity contribution < 1.29 is 13.9 Å². The van der Waals surface area contributed by atoms with E-state index in [2.05, 4.69) is 5.32 Å². The van der Waals surface area contributed by atoms with Crippen molar-refractivity contribution >= 4 is 0 Å². The zero-order valence-corrected chi connectivity index (χ0v) is 9.28. The summed E-state index contributed by atoms with van der Waals surface area (Å²) in [5.41, 5.74) is 0.999. The van der Waals surface area contributed by atoms with Crippen LogP contribution in [0.2, 0.25) is 0 Å². The smallest absolute Gasteiger partial charge is 0.140 e. The topological polar surface area (TPSA) is 30.5 Å². The van der Waals surface area contributed by atoms with E-state index in [1.807, 2.05) is 24.3 Å². The van der Waals surface area contributed by atoms with Crippen LogP contribution in [0.1, 0.15) is 5.56 Å². The van der Waals surface area contributed by atoms with Gasteiger partial charge in [-0.15, -0.1) is 0 Å². The molecule has 1 N–H and O–H groups in total. The number of hydrogen-bond acceptors (Lipinski definition) is 3. The molecule has 0 aromatic heterocycles. The van der Waals surface area contributed by atoms with Gasteiger partial charge in [-0.2, -0.15) is 0 Å². The second-order valence-electron chi connectivity index (χ2n) is 3.88. The molecule has 2 unspecified atom stereocenters. The first-order valence-electron chi connectivity index (χ1n) is 5.39. The number of methoxy groups -OCH3 is 1. The summed E-state index contributed by atoms with van der Waals surface area (Å²) in [6.45, 7) is 1.40. The van der Waals surface area contributed by atoms with Crippen LogP contribution in [0.3, 0.4) is 0 Å². The van der Waals surface area contributed by atoms with Crippen LogP contribution in [-0.4, -0.2) is 32.5 Å². The minimum Gasteiger partial charge on any atom is -0.497 e. The standard InChI is InChI=1S/C12H16FNO2/c1-15-10-4-2-3-9(5-10)8-16-12-7-14-6-11(12)13/h2-5,11-12,14H,6-8H2,1H3. The van der Waals surface area contributed by atoms with Gasteiger partial charge in [-0.1, -0.05) is 12.1 Å². The summed E-state index contributed by atoms with van der Waals surface area (Å²) >= 11 is 0. The molecule has 16 heavy (non-hydrogen) atoms. The molecular formula is C12H16FNO2. The Morgan fingerprint density at radius 2 is 2.31 bits per heavy atom. The Kier molecular flexibility index (Phi) is 3.74. The largest absolute Gasteiger partial charge is 0.497 e. The van der Waals surface area contributed by atoms with Gasteiger partial charge in [-0.05, 0) is 17.7 Å². The molecule has 1 aromatic rings. The average Bonchev–Trinajstić information content (AvgIpc) is 2.72. The van der Waals surface area contributed by atoms with Crippen molar-refractivity contribution in [3.05, 3.63) is 29.8 Å². The highest BCUT2D eigenvalue weighted by atomic mass is 19.1. The van der Waals surface area contributed by atoms with Gasteiger partial charge in [0.1, 0.15) is 18.0 Å². The number of ether oxygens (including phenoxy) is 2. The van der Waals surface area contributed by atoms with E-state index in [1.54, 1.807) is 7.11 Å². The Morgan fingerprint density at radius 1 is 1.44 bits per heavy atom. The van der Waals surface area contributed by atoms with E-state index in [0.29, 0.717) is 19.7 Å². The Morgan fingerprint density at radius 3 is 3.00 bits per heavy atom. The number of hydrogen-bond donors (Lipinski definition) is 1. The van der Waals surface area contributed by atoms with E-state index in [1.165, 1.54) is 0 Å².